The molecule has 0 aliphatic heterocycles. The molecule has 1 N–H and O–H groups in total. The first-order chi connectivity index (χ1) is 15.8. The van der Waals surface area contributed by atoms with E-state index in [1.807, 2.05) is 31.2 Å². The summed E-state index contributed by atoms with van der Waals surface area (Å²) in [7, 11) is 1.55. The Labute approximate surface area is 191 Å². The highest BCUT2D eigenvalue weighted by atomic mass is 16.6. The topological polar surface area (TPSA) is 121 Å². The summed E-state index contributed by atoms with van der Waals surface area (Å²) in [5.74, 6) is 0.666. The smallest absolute Gasteiger partial charge is 0.312 e. The number of hydrogen-bond donors (Lipinski definition) is 1. The normalized spacial score (nSPS) is 10.9. The SMILES string of the molecule is COc1cc(C=NNC(=O)Cn2nc(C)c([N+](=O)[O-])c2C)ccc1OCc1ccccc1C. The average Bonchev–Trinajstić information content (AvgIpc) is 3.06. The molecule has 1 amide bonds. The van der Waals surface area contributed by atoms with Crippen LogP contribution in [0.1, 0.15) is 28.1 Å². The fourth-order valence-corrected chi connectivity index (χ4v) is 3.27. The lowest BCUT2D eigenvalue weighted by molar-refractivity contribution is -0.386. The minimum atomic E-state index is -0.508. The van der Waals surface area contributed by atoms with E-state index >= 15 is 0 Å². The van der Waals surface area contributed by atoms with E-state index in [1.165, 1.54) is 17.8 Å². The number of rotatable bonds is 9. The van der Waals surface area contributed by atoms with E-state index in [9.17, 15) is 14.9 Å². The molecule has 33 heavy (non-hydrogen) atoms. The second kappa shape index (κ2) is 10.4. The number of hydrogen-bond acceptors (Lipinski definition) is 7. The number of ether oxygens (including phenoxy) is 2. The zero-order valence-electron chi connectivity index (χ0n) is 18.9. The van der Waals surface area contributed by atoms with Crippen molar-refractivity contribution in [1.29, 1.82) is 0 Å². The average molecular weight is 451 g/mol. The minimum Gasteiger partial charge on any atom is -0.493 e. The van der Waals surface area contributed by atoms with E-state index in [4.69, 9.17) is 9.47 Å². The van der Waals surface area contributed by atoms with Gasteiger partial charge in [0.25, 0.3) is 5.91 Å². The number of benzene rings is 2. The van der Waals surface area contributed by atoms with Gasteiger partial charge in [0.2, 0.25) is 0 Å². The molecule has 0 aliphatic carbocycles. The minimum absolute atomic E-state index is 0.0943. The van der Waals surface area contributed by atoms with Gasteiger partial charge >= 0.3 is 5.69 Å². The Morgan fingerprint density at radius 3 is 2.64 bits per heavy atom. The molecular formula is C23H25N5O5. The molecule has 0 fully saturated rings. The molecule has 2 aromatic carbocycles. The van der Waals surface area contributed by atoms with Crippen molar-refractivity contribution >= 4 is 17.8 Å². The molecule has 0 aliphatic rings. The molecule has 0 atom stereocenters. The van der Waals surface area contributed by atoms with Crippen molar-refractivity contribution < 1.29 is 19.2 Å². The van der Waals surface area contributed by atoms with E-state index in [0.29, 0.717) is 29.4 Å². The third kappa shape index (κ3) is 5.73. The molecule has 10 nitrogen and oxygen atoms in total. The Balaban J connectivity index is 1.61. The van der Waals surface area contributed by atoms with Crippen molar-refractivity contribution in [1.82, 2.24) is 15.2 Å². The van der Waals surface area contributed by atoms with Gasteiger partial charge in [0.1, 0.15) is 24.5 Å². The van der Waals surface area contributed by atoms with Gasteiger partial charge in [0.05, 0.1) is 18.2 Å². The fraction of sp³-hybridized carbons (Fsp3) is 0.261. The third-order valence-electron chi connectivity index (χ3n) is 5.05. The molecule has 172 valence electrons. The maximum absolute atomic E-state index is 12.2. The van der Waals surface area contributed by atoms with Crippen molar-refractivity contribution in [3.8, 4) is 11.5 Å². The first-order valence-electron chi connectivity index (χ1n) is 10.2. The summed E-state index contributed by atoms with van der Waals surface area (Å²) >= 11 is 0. The van der Waals surface area contributed by atoms with Crippen molar-refractivity contribution in [2.45, 2.75) is 33.9 Å². The van der Waals surface area contributed by atoms with Gasteiger partial charge in [-0.1, -0.05) is 24.3 Å². The van der Waals surface area contributed by atoms with Crippen LogP contribution in [0.5, 0.6) is 11.5 Å². The first kappa shape index (κ1) is 23.5. The van der Waals surface area contributed by atoms with Crippen molar-refractivity contribution in [2.24, 2.45) is 5.10 Å². The molecule has 0 saturated heterocycles. The Hall–Kier alpha value is -4.21. The second-order valence-corrected chi connectivity index (χ2v) is 7.35. The summed E-state index contributed by atoms with van der Waals surface area (Å²) in [5, 5.41) is 19.1. The van der Waals surface area contributed by atoms with Crippen molar-refractivity contribution in [3.63, 3.8) is 0 Å². The van der Waals surface area contributed by atoms with Gasteiger partial charge in [0.15, 0.2) is 11.5 Å². The second-order valence-electron chi connectivity index (χ2n) is 7.35. The van der Waals surface area contributed by atoms with Crippen LogP contribution >= 0.6 is 0 Å². The molecule has 0 bridgehead atoms. The summed E-state index contributed by atoms with van der Waals surface area (Å²) in [5.41, 5.74) is 5.79. The summed E-state index contributed by atoms with van der Waals surface area (Å²) in [6.45, 7) is 5.33. The zero-order chi connectivity index (χ0) is 24.0. The number of amides is 1. The van der Waals surface area contributed by atoms with Crippen LogP contribution in [0.4, 0.5) is 5.69 Å². The molecule has 0 saturated carbocycles. The van der Waals surface area contributed by atoms with Crippen molar-refractivity contribution in [3.05, 3.63) is 80.7 Å². The molecule has 10 heteroatoms. The van der Waals surface area contributed by atoms with Crippen LogP contribution in [0.15, 0.2) is 47.6 Å². The van der Waals surface area contributed by atoms with E-state index in [0.717, 1.165) is 11.1 Å². The van der Waals surface area contributed by atoms with Gasteiger partial charge in [-0.05, 0) is 55.7 Å². The summed E-state index contributed by atoms with van der Waals surface area (Å²) in [6.07, 6.45) is 1.47. The molecule has 0 unspecified atom stereocenters. The lowest BCUT2D eigenvalue weighted by Gasteiger charge is -2.12. The van der Waals surface area contributed by atoms with Crippen LogP contribution in [0, 0.1) is 30.9 Å². The first-order valence-corrected chi connectivity index (χ1v) is 10.2. The predicted octanol–water partition coefficient (Wildman–Crippen LogP) is 3.45. The molecule has 1 aromatic heterocycles. The highest BCUT2D eigenvalue weighted by Crippen LogP contribution is 2.28. The highest BCUT2D eigenvalue weighted by Gasteiger charge is 2.22. The number of aromatic nitrogens is 2. The quantitative estimate of drug-likeness (QED) is 0.302. The Morgan fingerprint density at radius 1 is 1.21 bits per heavy atom. The van der Waals surface area contributed by atoms with E-state index in [1.54, 1.807) is 32.2 Å². The summed E-state index contributed by atoms with van der Waals surface area (Å²) in [6, 6.07) is 13.3. The fourth-order valence-electron chi connectivity index (χ4n) is 3.27. The predicted molar refractivity (Wildman–Crippen MR) is 123 cm³/mol. The number of carbonyl (C=O) groups excluding carboxylic acids is 1. The van der Waals surface area contributed by atoms with Crippen LogP contribution in [-0.2, 0) is 17.9 Å². The number of carbonyl (C=O) groups is 1. The number of hydrazone groups is 1. The maximum Gasteiger partial charge on any atom is 0.312 e. The van der Waals surface area contributed by atoms with E-state index in [-0.39, 0.29) is 17.9 Å². The number of methoxy groups -OCH3 is 1. The number of nitrogens with one attached hydrogen (secondary N) is 1. The van der Waals surface area contributed by atoms with Gasteiger partial charge < -0.3 is 9.47 Å². The monoisotopic (exact) mass is 451 g/mol. The summed E-state index contributed by atoms with van der Waals surface area (Å²) < 4.78 is 12.6. The third-order valence-corrected chi connectivity index (χ3v) is 5.05. The van der Waals surface area contributed by atoms with Gasteiger partial charge in [0, 0.05) is 0 Å². The van der Waals surface area contributed by atoms with Crippen molar-refractivity contribution in [2.75, 3.05) is 7.11 Å². The Bertz CT molecular complexity index is 1200. The van der Waals surface area contributed by atoms with Crippen LogP contribution < -0.4 is 14.9 Å². The summed E-state index contributed by atoms with van der Waals surface area (Å²) in [4.78, 5) is 22.7. The molecule has 3 aromatic rings. The molecule has 3 rings (SSSR count). The largest absolute Gasteiger partial charge is 0.493 e. The van der Waals surface area contributed by atoms with Crippen LogP contribution in [0.2, 0.25) is 0 Å². The standard InChI is InChI=1S/C23H25N5O5/c1-15-7-5-6-8-19(15)14-33-20-10-9-18(11-21(20)32-4)12-24-25-22(29)13-27-17(3)23(28(30)31)16(2)26-27/h5-12H,13-14H2,1-4H3,(H,25,29). The lowest BCUT2D eigenvalue weighted by atomic mass is 10.1. The van der Waals surface area contributed by atoms with Gasteiger partial charge in [-0.25, -0.2) is 5.43 Å². The Morgan fingerprint density at radius 2 is 1.97 bits per heavy atom. The molecule has 0 radical (unpaired) electrons. The Kier molecular flexibility index (Phi) is 7.39. The number of nitro groups is 1. The molecule has 0 spiro atoms. The van der Waals surface area contributed by atoms with Gasteiger partial charge in [-0.3, -0.25) is 19.6 Å². The van der Waals surface area contributed by atoms with Gasteiger partial charge in [-0.2, -0.15) is 10.2 Å². The lowest BCUT2D eigenvalue weighted by Crippen LogP contribution is -2.24. The van der Waals surface area contributed by atoms with Crippen LogP contribution in [-0.4, -0.2) is 33.9 Å². The molecule has 1 heterocycles. The van der Waals surface area contributed by atoms with E-state index < -0.39 is 10.8 Å². The zero-order valence-corrected chi connectivity index (χ0v) is 18.9. The number of aryl methyl sites for hydroxylation is 2. The molecular weight excluding hydrogens is 426 g/mol. The maximum atomic E-state index is 12.2. The van der Waals surface area contributed by atoms with Crippen LogP contribution in [0.3, 0.4) is 0 Å². The van der Waals surface area contributed by atoms with Crippen LogP contribution in [0.25, 0.3) is 0 Å². The number of nitrogens with zero attached hydrogens (tertiary/aromatic N) is 4. The highest BCUT2D eigenvalue weighted by molar-refractivity contribution is 5.83. The van der Waals surface area contributed by atoms with E-state index in [2.05, 4.69) is 15.6 Å². The van der Waals surface area contributed by atoms with Gasteiger partial charge in [-0.15, -0.1) is 0 Å².